The number of thiophene rings is 1. The van der Waals surface area contributed by atoms with Gasteiger partial charge in [0.05, 0.1) is 5.60 Å². The van der Waals surface area contributed by atoms with Gasteiger partial charge < -0.3 is 9.84 Å². The molecule has 0 aromatic carbocycles. The molecule has 1 aromatic heterocycles. The third-order valence-electron chi connectivity index (χ3n) is 3.92. The van der Waals surface area contributed by atoms with Crippen molar-refractivity contribution < 1.29 is 9.84 Å². The molecule has 0 bridgehead atoms. The van der Waals surface area contributed by atoms with Crippen LogP contribution in [-0.2, 0) is 10.3 Å². The monoisotopic (exact) mass is 268 g/mol. The zero-order valence-corrected chi connectivity index (χ0v) is 12.0. The van der Waals surface area contributed by atoms with E-state index in [0.717, 1.165) is 36.9 Å². The van der Waals surface area contributed by atoms with Crippen molar-refractivity contribution in [3.63, 3.8) is 0 Å². The van der Waals surface area contributed by atoms with Gasteiger partial charge in [0, 0.05) is 18.1 Å². The number of hydrogen-bond acceptors (Lipinski definition) is 3. The van der Waals surface area contributed by atoms with Gasteiger partial charge in [0.1, 0.15) is 0 Å². The van der Waals surface area contributed by atoms with Crippen molar-refractivity contribution in [3.8, 4) is 0 Å². The minimum absolute atomic E-state index is 0.635. The lowest BCUT2D eigenvalue weighted by Gasteiger charge is -2.24. The van der Waals surface area contributed by atoms with E-state index in [-0.39, 0.29) is 0 Å². The van der Waals surface area contributed by atoms with Crippen LogP contribution in [0.15, 0.2) is 17.5 Å². The van der Waals surface area contributed by atoms with Gasteiger partial charge in [0.25, 0.3) is 0 Å². The van der Waals surface area contributed by atoms with Gasteiger partial charge in [0.2, 0.25) is 0 Å². The Hall–Kier alpha value is -0.380. The van der Waals surface area contributed by atoms with Gasteiger partial charge in [-0.1, -0.05) is 25.3 Å². The van der Waals surface area contributed by atoms with E-state index < -0.39 is 5.60 Å². The third-order valence-corrected chi connectivity index (χ3v) is 5.04. The molecule has 0 spiro atoms. The van der Waals surface area contributed by atoms with E-state index in [0.29, 0.717) is 0 Å². The molecular weight excluding hydrogens is 244 g/mol. The summed E-state index contributed by atoms with van der Waals surface area (Å²) in [5.74, 6) is 0.852. The van der Waals surface area contributed by atoms with Crippen LogP contribution in [-0.4, -0.2) is 18.3 Å². The Morgan fingerprint density at radius 3 is 2.83 bits per heavy atom. The number of hydrogen-bond donors (Lipinski definition) is 1. The predicted octanol–water partition coefficient (Wildman–Crippen LogP) is 3.94. The molecule has 1 N–H and O–H groups in total. The van der Waals surface area contributed by atoms with Gasteiger partial charge in [-0.3, -0.25) is 0 Å². The van der Waals surface area contributed by atoms with Crippen LogP contribution in [0, 0.1) is 5.92 Å². The fourth-order valence-electron chi connectivity index (χ4n) is 2.65. The molecule has 1 saturated heterocycles. The predicted molar refractivity (Wildman–Crippen MR) is 75.9 cm³/mol. The third kappa shape index (κ3) is 4.08. The average Bonchev–Trinajstić information content (AvgIpc) is 2.91. The molecule has 0 radical (unpaired) electrons. The lowest BCUT2D eigenvalue weighted by Crippen LogP contribution is -2.20. The molecule has 0 saturated carbocycles. The fourth-order valence-corrected chi connectivity index (χ4v) is 3.46. The van der Waals surface area contributed by atoms with E-state index in [1.54, 1.807) is 11.3 Å². The van der Waals surface area contributed by atoms with Gasteiger partial charge in [0.15, 0.2) is 0 Å². The van der Waals surface area contributed by atoms with Gasteiger partial charge in [-0.2, -0.15) is 0 Å². The molecule has 18 heavy (non-hydrogen) atoms. The number of unbranched alkanes of at least 4 members (excludes halogenated alkanes) is 1. The van der Waals surface area contributed by atoms with E-state index >= 15 is 0 Å². The topological polar surface area (TPSA) is 29.5 Å². The summed E-state index contributed by atoms with van der Waals surface area (Å²) in [5, 5.41) is 12.4. The quantitative estimate of drug-likeness (QED) is 0.792. The zero-order chi connectivity index (χ0) is 12.8. The molecule has 1 aliphatic rings. The van der Waals surface area contributed by atoms with E-state index in [1.165, 1.54) is 25.7 Å². The van der Waals surface area contributed by atoms with Crippen molar-refractivity contribution in [1.29, 1.82) is 0 Å². The molecule has 1 unspecified atom stereocenters. The number of ether oxygens (including phenoxy) is 1. The van der Waals surface area contributed by atoms with Crippen molar-refractivity contribution in [2.24, 2.45) is 5.92 Å². The minimum atomic E-state index is -0.635. The summed E-state index contributed by atoms with van der Waals surface area (Å²) < 4.78 is 5.37. The van der Waals surface area contributed by atoms with E-state index in [1.807, 2.05) is 24.4 Å². The first-order chi connectivity index (χ1) is 8.68. The molecule has 0 aliphatic carbocycles. The Bertz CT molecular complexity index is 326. The normalized spacial score (nSPS) is 20.8. The summed E-state index contributed by atoms with van der Waals surface area (Å²) in [6, 6.07) is 4.04. The molecule has 3 heteroatoms. The summed E-state index contributed by atoms with van der Waals surface area (Å²) in [7, 11) is 0. The Morgan fingerprint density at radius 1 is 1.39 bits per heavy atom. The van der Waals surface area contributed by atoms with Crippen LogP contribution >= 0.6 is 11.3 Å². The molecule has 102 valence electrons. The maximum Gasteiger partial charge on any atom is 0.0959 e. The van der Waals surface area contributed by atoms with E-state index in [9.17, 15) is 5.11 Å². The first-order valence-corrected chi connectivity index (χ1v) is 7.90. The highest BCUT2D eigenvalue weighted by Gasteiger charge is 2.23. The van der Waals surface area contributed by atoms with Crippen LogP contribution in [0.1, 0.15) is 50.3 Å². The maximum absolute atomic E-state index is 10.4. The summed E-state index contributed by atoms with van der Waals surface area (Å²) in [4.78, 5) is 1.09. The molecule has 2 nitrogen and oxygen atoms in total. The standard InChI is InChI=1S/C15H24O2S/c1-15(16,14-6-4-12-18-14)9-3-2-5-13-7-10-17-11-8-13/h4,6,12-13,16H,2-3,5,7-11H2,1H3. The van der Waals surface area contributed by atoms with Crippen molar-refractivity contribution in [2.45, 2.75) is 51.0 Å². The van der Waals surface area contributed by atoms with E-state index in [4.69, 9.17) is 4.74 Å². The SMILES string of the molecule is CC(O)(CCCCC1CCOCC1)c1cccs1. The van der Waals surface area contributed by atoms with Crippen LogP contribution in [0.5, 0.6) is 0 Å². The lowest BCUT2D eigenvalue weighted by atomic mass is 9.91. The molecule has 2 rings (SSSR count). The second-order valence-electron chi connectivity index (χ2n) is 5.55. The highest BCUT2D eigenvalue weighted by atomic mass is 32.1. The Morgan fingerprint density at radius 2 is 2.17 bits per heavy atom. The molecule has 1 aromatic rings. The van der Waals surface area contributed by atoms with Crippen LogP contribution < -0.4 is 0 Å². The molecule has 1 fully saturated rings. The number of rotatable bonds is 6. The van der Waals surface area contributed by atoms with Crippen molar-refractivity contribution in [3.05, 3.63) is 22.4 Å². The second-order valence-corrected chi connectivity index (χ2v) is 6.50. The minimum Gasteiger partial charge on any atom is -0.385 e. The smallest absolute Gasteiger partial charge is 0.0959 e. The van der Waals surface area contributed by atoms with Gasteiger partial charge in [-0.05, 0) is 43.6 Å². The van der Waals surface area contributed by atoms with Crippen LogP contribution in [0.25, 0.3) is 0 Å². The second kappa shape index (κ2) is 6.69. The lowest BCUT2D eigenvalue weighted by molar-refractivity contribution is 0.0448. The van der Waals surface area contributed by atoms with Crippen molar-refractivity contribution in [2.75, 3.05) is 13.2 Å². The van der Waals surface area contributed by atoms with E-state index in [2.05, 4.69) is 0 Å². The largest absolute Gasteiger partial charge is 0.385 e. The first-order valence-electron chi connectivity index (χ1n) is 7.02. The van der Waals surface area contributed by atoms with Crippen LogP contribution in [0.4, 0.5) is 0 Å². The highest BCUT2D eigenvalue weighted by Crippen LogP contribution is 2.31. The Kier molecular flexibility index (Phi) is 5.22. The summed E-state index contributed by atoms with van der Waals surface area (Å²) in [6.07, 6.45) is 6.96. The molecular formula is C15H24O2S. The van der Waals surface area contributed by atoms with Crippen molar-refractivity contribution in [1.82, 2.24) is 0 Å². The number of aliphatic hydroxyl groups is 1. The van der Waals surface area contributed by atoms with Gasteiger partial charge >= 0.3 is 0 Å². The first kappa shape index (κ1) is 14.0. The van der Waals surface area contributed by atoms with Crippen LogP contribution in [0.3, 0.4) is 0 Å². The zero-order valence-electron chi connectivity index (χ0n) is 11.2. The van der Waals surface area contributed by atoms with Gasteiger partial charge in [-0.25, -0.2) is 0 Å². The average molecular weight is 268 g/mol. The fraction of sp³-hybridized carbons (Fsp3) is 0.733. The molecule has 0 amide bonds. The summed E-state index contributed by atoms with van der Waals surface area (Å²) in [5.41, 5.74) is -0.635. The highest BCUT2D eigenvalue weighted by molar-refractivity contribution is 7.10. The summed E-state index contributed by atoms with van der Waals surface area (Å²) in [6.45, 7) is 3.82. The summed E-state index contributed by atoms with van der Waals surface area (Å²) >= 11 is 1.65. The van der Waals surface area contributed by atoms with Gasteiger partial charge in [-0.15, -0.1) is 11.3 Å². The Labute approximate surface area is 114 Å². The maximum atomic E-state index is 10.4. The molecule has 2 heterocycles. The Balaban J connectivity index is 1.65. The van der Waals surface area contributed by atoms with Crippen molar-refractivity contribution >= 4 is 11.3 Å². The molecule has 1 aliphatic heterocycles. The van der Waals surface area contributed by atoms with Crippen LogP contribution in [0.2, 0.25) is 0 Å². The molecule has 1 atom stereocenters.